The van der Waals surface area contributed by atoms with E-state index in [0.29, 0.717) is 5.92 Å². The van der Waals surface area contributed by atoms with Gasteiger partial charge in [-0.2, -0.15) is 4.37 Å². The Labute approximate surface area is 124 Å². The van der Waals surface area contributed by atoms with Crippen molar-refractivity contribution in [2.75, 3.05) is 19.6 Å². The van der Waals surface area contributed by atoms with Gasteiger partial charge in [0.05, 0.1) is 17.8 Å². The van der Waals surface area contributed by atoms with Crippen LogP contribution < -0.4 is 4.74 Å². The third-order valence-electron chi connectivity index (χ3n) is 5.48. The predicted octanol–water partition coefficient (Wildman–Crippen LogP) is 2.77. The second-order valence-electron chi connectivity index (χ2n) is 6.89. The van der Waals surface area contributed by atoms with E-state index in [9.17, 15) is 0 Å². The molecule has 4 heterocycles. The summed E-state index contributed by atoms with van der Waals surface area (Å²) in [5, 5.41) is 0. The van der Waals surface area contributed by atoms with Gasteiger partial charge in [0.2, 0.25) is 5.88 Å². The number of piperidine rings is 3. The summed E-state index contributed by atoms with van der Waals surface area (Å²) in [6.45, 7) is 8.13. The summed E-state index contributed by atoms with van der Waals surface area (Å²) in [5.74, 6) is 3.93. The van der Waals surface area contributed by atoms with Crippen molar-refractivity contribution >= 4 is 11.7 Å². The Hall–Kier alpha value is -0.680. The topological polar surface area (TPSA) is 38.3 Å². The average Bonchev–Trinajstić information content (AvgIpc) is 2.85. The molecular weight excluding hydrogens is 270 g/mol. The smallest absolute Gasteiger partial charge is 0.249 e. The van der Waals surface area contributed by atoms with Crippen molar-refractivity contribution in [1.82, 2.24) is 13.6 Å². The molecule has 1 aromatic heterocycles. The van der Waals surface area contributed by atoms with Crippen LogP contribution in [0.5, 0.6) is 5.88 Å². The van der Waals surface area contributed by atoms with Crippen LogP contribution in [0.1, 0.15) is 44.7 Å². The molecule has 5 heteroatoms. The summed E-state index contributed by atoms with van der Waals surface area (Å²) in [7, 11) is 0. The molecule has 0 radical (unpaired) electrons. The lowest BCUT2D eigenvalue weighted by molar-refractivity contribution is -0.0375. The summed E-state index contributed by atoms with van der Waals surface area (Å²) in [6.07, 6.45) is 4.03. The number of rotatable bonds is 4. The van der Waals surface area contributed by atoms with Gasteiger partial charge in [0.25, 0.3) is 0 Å². The van der Waals surface area contributed by atoms with E-state index in [-0.39, 0.29) is 6.10 Å². The Kier molecular flexibility index (Phi) is 3.22. The molecule has 0 spiro atoms. The SMILES string of the molecule is CCC(C)Oc1nsnc1C1C2CC3CC1CN(C3)C2. The molecule has 3 atom stereocenters. The van der Waals surface area contributed by atoms with E-state index in [1.807, 2.05) is 0 Å². The van der Waals surface area contributed by atoms with Gasteiger partial charge in [0.15, 0.2) is 0 Å². The van der Waals surface area contributed by atoms with E-state index in [2.05, 4.69) is 27.5 Å². The fourth-order valence-electron chi connectivity index (χ4n) is 4.60. The Morgan fingerprint density at radius 1 is 1.25 bits per heavy atom. The molecule has 4 nitrogen and oxygen atoms in total. The zero-order chi connectivity index (χ0) is 13.7. The molecule has 0 amide bonds. The summed E-state index contributed by atoms with van der Waals surface area (Å²) in [4.78, 5) is 2.67. The van der Waals surface area contributed by atoms with Crippen molar-refractivity contribution in [3.8, 4) is 5.88 Å². The molecule has 20 heavy (non-hydrogen) atoms. The van der Waals surface area contributed by atoms with E-state index >= 15 is 0 Å². The van der Waals surface area contributed by atoms with Crippen molar-refractivity contribution in [3.63, 3.8) is 0 Å². The van der Waals surface area contributed by atoms with Crippen LogP contribution in [0.4, 0.5) is 0 Å². The minimum Gasteiger partial charge on any atom is -0.473 e. The fourth-order valence-corrected chi connectivity index (χ4v) is 5.14. The van der Waals surface area contributed by atoms with E-state index < -0.39 is 0 Å². The molecule has 1 aliphatic carbocycles. The van der Waals surface area contributed by atoms with Crippen LogP contribution in [-0.4, -0.2) is 39.4 Å². The van der Waals surface area contributed by atoms with Gasteiger partial charge < -0.3 is 9.64 Å². The van der Waals surface area contributed by atoms with E-state index in [4.69, 9.17) is 4.74 Å². The normalized spacial score (nSPS) is 40.0. The quantitative estimate of drug-likeness (QED) is 0.855. The Morgan fingerprint density at radius 2 is 2.00 bits per heavy atom. The molecule has 3 aliphatic heterocycles. The first-order valence-corrected chi connectivity index (χ1v) is 8.69. The zero-order valence-electron chi connectivity index (χ0n) is 12.3. The summed E-state index contributed by atoms with van der Waals surface area (Å²) in [5.41, 5.74) is 1.17. The molecule has 3 saturated heterocycles. The predicted molar refractivity (Wildman–Crippen MR) is 79.2 cm³/mol. The van der Waals surface area contributed by atoms with Gasteiger partial charge in [-0.05, 0) is 43.9 Å². The van der Waals surface area contributed by atoms with Crippen molar-refractivity contribution in [2.45, 2.75) is 45.1 Å². The molecule has 3 unspecified atom stereocenters. The van der Waals surface area contributed by atoms with Gasteiger partial charge >= 0.3 is 0 Å². The van der Waals surface area contributed by atoms with Crippen molar-refractivity contribution in [3.05, 3.63) is 5.69 Å². The fraction of sp³-hybridized carbons (Fsp3) is 0.867. The third-order valence-corrected chi connectivity index (χ3v) is 6.00. The van der Waals surface area contributed by atoms with E-state index in [0.717, 1.165) is 30.1 Å². The van der Waals surface area contributed by atoms with Gasteiger partial charge in [-0.3, -0.25) is 0 Å². The zero-order valence-corrected chi connectivity index (χ0v) is 13.1. The number of hydrogen-bond acceptors (Lipinski definition) is 5. The highest BCUT2D eigenvalue weighted by Gasteiger charge is 2.49. The lowest BCUT2D eigenvalue weighted by Gasteiger charge is -2.55. The minimum absolute atomic E-state index is 0.234. The molecule has 0 N–H and O–H groups in total. The Morgan fingerprint density at radius 3 is 2.65 bits per heavy atom. The van der Waals surface area contributed by atoms with Gasteiger partial charge in [-0.15, -0.1) is 4.37 Å². The molecule has 1 aromatic rings. The van der Waals surface area contributed by atoms with E-state index in [1.54, 1.807) is 0 Å². The van der Waals surface area contributed by atoms with Gasteiger partial charge in [-0.1, -0.05) is 6.92 Å². The highest BCUT2D eigenvalue weighted by atomic mass is 32.1. The summed E-state index contributed by atoms with van der Waals surface area (Å²) >= 11 is 1.32. The molecule has 4 fully saturated rings. The third kappa shape index (κ3) is 2.06. The molecule has 0 aromatic carbocycles. The molecular formula is C15H23N3OS. The lowest BCUT2D eigenvalue weighted by atomic mass is 9.61. The largest absolute Gasteiger partial charge is 0.473 e. The second-order valence-corrected chi connectivity index (χ2v) is 7.42. The molecule has 1 saturated carbocycles. The van der Waals surface area contributed by atoms with E-state index in [1.165, 1.54) is 49.9 Å². The van der Waals surface area contributed by atoms with Crippen LogP contribution in [-0.2, 0) is 0 Å². The number of hydrogen-bond donors (Lipinski definition) is 0. The van der Waals surface area contributed by atoms with Crippen LogP contribution in [0.2, 0.25) is 0 Å². The maximum absolute atomic E-state index is 6.01. The van der Waals surface area contributed by atoms with Crippen molar-refractivity contribution < 1.29 is 4.74 Å². The molecule has 5 rings (SSSR count). The molecule has 4 aliphatic rings. The van der Waals surface area contributed by atoms with Crippen LogP contribution in [0.3, 0.4) is 0 Å². The van der Waals surface area contributed by atoms with Crippen molar-refractivity contribution in [2.24, 2.45) is 17.8 Å². The lowest BCUT2D eigenvalue weighted by Crippen LogP contribution is -2.56. The maximum atomic E-state index is 6.01. The van der Waals surface area contributed by atoms with Gasteiger partial charge in [0, 0.05) is 25.6 Å². The molecule has 4 bridgehead atoms. The van der Waals surface area contributed by atoms with Crippen LogP contribution in [0.15, 0.2) is 0 Å². The summed E-state index contributed by atoms with van der Waals surface area (Å²) < 4.78 is 15.1. The van der Waals surface area contributed by atoms with Crippen LogP contribution >= 0.6 is 11.7 Å². The maximum Gasteiger partial charge on any atom is 0.249 e. The Balaban J connectivity index is 1.60. The number of nitrogens with zero attached hydrogens (tertiary/aromatic N) is 3. The number of ether oxygens (including phenoxy) is 1. The highest BCUT2D eigenvalue weighted by Crippen LogP contribution is 2.52. The monoisotopic (exact) mass is 293 g/mol. The first-order chi connectivity index (χ1) is 9.74. The summed E-state index contributed by atoms with van der Waals surface area (Å²) in [6, 6.07) is 0. The van der Waals surface area contributed by atoms with Crippen molar-refractivity contribution in [1.29, 1.82) is 0 Å². The molecule has 110 valence electrons. The van der Waals surface area contributed by atoms with Gasteiger partial charge in [-0.25, -0.2) is 0 Å². The van der Waals surface area contributed by atoms with Crippen LogP contribution in [0.25, 0.3) is 0 Å². The van der Waals surface area contributed by atoms with Gasteiger partial charge in [0.1, 0.15) is 5.69 Å². The second kappa shape index (κ2) is 4.95. The van der Waals surface area contributed by atoms with Crippen LogP contribution in [0, 0.1) is 17.8 Å². The first kappa shape index (κ1) is 13.0. The minimum atomic E-state index is 0.234. The highest BCUT2D eigenvalue weighted by molar-refractivity contribution is 6.99. The average molecular weight is 293 g/mol. The standard InChI is InChI=1S/C15H23N3OS/c1-3-9(2)19-15-14(16-20-17-15)13-11-4-10-5-12(13)8-18(6-10)7-11/h9-13H,3-8H2,1-2H3. The first-order valence-electron chi connectivity index (χ1n) is 7.96. The Bertz CT molecular complexity index is 461. The number of aromatic nitrogens is 2.